The molecule has 0 unspecified atom stereocenters. The van der Waals surface area contributed by atoms with Crippen molar-refractivity contribution >= 4 is 29.9 Å². The Morgan fingerprint density at radius 3 is 2.55 bits per heavy atom. The fourth-order valence-corrected chi connectivity index (χ4v) is 1.52. The van der Waals surface area contributed by atoms with Gasteiger partial charge in [0.05, 0.1) is 5.69 Å². The van der Waals surface area contributed by atoms with Crippen molar-refractivity contribution in [2.24, 2.45) is 0 Å². The van der Waals surface area contributed by atoms with Crippen LogP contribution in [0.2, 0.25) is 0 Å². The molecule has 3 N–H and O–H groups in total. The molecule has 0 saturated heterocycles. The van der Waals surface area contributed by atoms with Gasteiger partial charge < -0.3 is 16.0 Å². The molecule has 0 aliphatic carbocycles. The zero-order valence-electron chi connectivity index (χ0n) is 11.5. The molecule has 1 aromatic rings. The zero-order valence-corrected chi connectivity index (χ0v) is 12.3. The highest BCUT2D eigenvalue weighted by Crippen LogP contribution is 2.16. The molecule has 5 nitrogen and oxygen atoms in total. The highest BCUT2D eigenvalue weighted by Gasteiger charge is 2.10. The van der Waals surface area contributed by atoms with Gasteiger partial charge in [0.2, 0.25) is 5.91 Å². The molecule has 0 radical (unpaired) electrons. The average Bonchev–Trinajstić information content (AvgIpc) is 2.36. The molecule has 2 amide bonds. The largest absolute Gasteiger partial charge is 0.352 e. The minimum absolute atomic E-state index is 0. The minimum Gasteiger partial charge on any atom is -0.352 e. The fraction of sp³-hybridized carbons (Fsp3) is 0.385. The Morgan fingerprint density at radius 1 is 1.25 bits per heavy atom. The maximum absolute atomic E-state index is 13.4. The van der Waals surface area contributed by atoms with Gasteiger partial charge >= 0.3 is 0 Å². The summed E-state index contributed by atoms with van der Waals surface area (Å²) in [4.78, 5) is 22.7. The van der Waals surface area contributed by atoms with Gasteiger partial charge in [0.15, 0.2) is 0 Å². The number of halogens is 2. The van der Waals surface area contributed by atoms with Crippen LogP contribution in [0, 0.1) is 5.82 Å². The number of rotatable bonds is 6. The summed E-state index contributed by atoms with van der Waals surface area (Å²) in [6.45, 7) is 2.62. The standard InChI is InChI=1S/C13H18FN3O2.ClH/c1-9(18)17-12-8-10(4-5-11(12)14)13(19)16-7-3-6-15-2;/h4-5,8,15H,3,6-7H2,1-2H3,(H,16,19)(H,17,18);1H. The third-order valence-electron chi connectivity index (χ3n) is 2.43. The predicted octanol–water partition coefficient (Wildman–Crippen LogP) is 1.55. The molecular formula is C13H19ClFN3O2. The second kappa shape index (κ2) is 9.28. The van der Waals surface area contributed by atoms with Crippen LogP contribution in [0.1, 0.15) is 23.7 Å². The first-order valence-corrected chi connectivity index (χ1v) is 6.04. The summed E-state index contributed by atoms with van der Waals surface area (Å²) >= 11 is 0. The SMILES string of the molecule is CNCCCNC(=O)c1ccc(F)c(NC(C)=O)c1.Cl. The Morgan fingerprint density at radius 2 is 1.95 bits per heavy atom. The van der Waals surface area contributed by atoms with Crippen LogP contribution in [-0.2, 0) is 4.79 Å². The normalized spacial score (nSPS) is 9.55. The van der Waals surface area contributed by atoms with E-state index in [0.717, 1.165) is 19.0 Å². The summed E-state index contributed by atoms with van der Waals surface area (Å²) in [6, 6.07) is 3.87. The lowest BCUT2D eigenvalue weighted by Crippen LogP contribution is -2.26. The van der Waals surface area contributed by atoms with Crippen molar-refractivity contribution in [2.45, 2.75) is 13.3 Å². The second-order valence-electron chi connectivity index (χ2n) is 4.09. The Kier molecular flexibility index (Phi) is 8.51. The van der Waals surface area contributed by atoms with Crippen molar-refractivity contribution in [1.82, 2.24) is 10.6 Å². The first-order valence-electron chi connectivity index (χ1n) is 6.04. The summed E-state index contributed by atoms with van der Waals surface area (Å²) in [5, 5.41) is 8.03. The highest BCUT2D eigenvalue weighted by molar-refractivity contribution is 5.96. The molecule has 0 spiro atoms. The molecule has 7 heteroatoms. The lowest BCUT2D eigenvalue weighted by molar-refractivity contribution is -0.114. The molecule has 112 valence electrons. The van der Waals surface area contributed by atoms with Crippen LogP contribution in [0.25, 0.3) is 0 Å². The number of anilines is 1. The molecule has 1 rings (SSSR count). The summed E-state index contributed by atoms with van der Waals surface area (Å²) in [6.07, 6.45) is 0.808. The maximum atomic E-state index is 13.4. The Hall–Kier alpha value is -1.66. The van der Waals surface area contributed by atoms with Crippen molar-refractivity contribution in [3.05, 3.63) is 29.6 Å². The summed E-state index contributed by atoms with van der Waals surface area (Å²) in [7, 11) is 1.83. The van der Waals surface area contributed by atoms with Gasteiger partial charge in [0, 0.05) is 19.0 Å². The van der Waals surface area contributed by atoms with E-state index in [1.165, 1.54) is 19.1 Å². The van der Waals surface area contributed by atoms with Crippen molar-refractivity contribution in [1.29, 1.82) is 0 Å². The van der Waals surface area contributed by atoms with Crippen LogP contribution in [0.3, 0.4) is 0 Å². The minimum atomic E-state index is -0.568. The average molecular weight is 304 g/mol. The molecule has 0 atom stereocenters. The van der Waals surface area contributed by atoms with E-state index in [9.17, 15) is 14.0 Å². The van der Waals surface area contributed by atoms with E-state index < -0.39 is 5.82 Å². The van der Waals surface area contributed by atoms with Gasteiger partial charge in [-0.2, -0.15) is 0 Å². The smallest absolute Gasteiger partial charge is 0.251 e. The number of benzene rings is 1. The lowest BCUT2D eigenvalue weighted by atomic mass is 10.1. The number of carbonyl (C=O) groups excluding carboxylic acids is 2. The Bertz CT molecular complexity index is 469. The van der Waals surface area contributed by atoms with Gasteiger partial charge in [0.1, 0.15) is 5.82 Å². The molecule has 0 fully saturated rings. The Labute approximate surface area is 123 Å². The third kappa shape index (κ3) is 5.99. The zero-order chi connectivity index (χ0) is 14.3. The number of nitrogens with one attached hydrogen (secondary N) is 3. The molecule has 0 aliphatic rings. The first kappa shape index (κ1) is 18.3. The van der Waals surface area contributed by atoms with Crippen LogP contribution in [-0.4, -0.2) is 32.0 Å². The van der Waals surface area contributed by atoms with Gasteiger partial charge in [-0.25, -0.2) is 4.39 Å². The van der Waals surface area contributed by atoms with Crippen LogP contribution < -0.4 is 16.0 Å². The molecule has 0 heterocycles. The van der Waals surface area contributed by atoms with E-state index >= 15 is 0 Å². The topological polar surface area (TPSA) is 70.2 Å². The van der Waals surface area contributed by atoms with Crippen LogP contribution in [0.15, 0.2) is 18.2 Å². The number of carbonyl (C=O) groups is 2. The van der Waals surface area contributed by atoms with E-state index in [-0.39, 0.29) is 29.9 Å². The summed E-state index contributed by atoms with van der Waals surface area (Å²) in [5.74, 6) is -1.24. The lowest BCUT2D eigenvalue weighted by Gasteiger charge is -2.08. The predicted molar refractivity (Wildman–Crippen MR) is 78.8 cm³/mol. The summed E-state index contributed by atoms with van der Waals surface area (Å²) in [5.41, 5.74) is 0.324. The van der Waals surface area contributed by atoms with E-state index in [1.54, 1.807) is 0 Å². The fourth-order valence-electron chi connectivity index (χ4n) is 1.52. The number of amides is 2. The summed E-state index contributed by atoms with van der Waals surface area (Å²) < 4.78 is 13.4. The molecule has 1 aromatic carbocycles. The molecule has 0 saturated carbocycles. The van der Waals surface area contributed by atoms with Crippen molar-refractivity contribution in [3.8, 4) is 0 Å². The number of hydrogen-bond acceptors (Lipinski definition) is 3. The molecule has 20 heavy (non-hydrogen) atoms. The van der Waals surface area contributed by atoms with Gasteiger partial charge in [-0.1, -0.05) is 0 Å². The quantitative estimate of drug-likeness (QED) is 0.698. The van der Waals surface area contributed by atoms with Crippen LogP contribution >= 0.6 is 12.4 Å². The van der Waals surface area contributed by atoms with E-state index in [4.69, 9.17) is 0 Å². The van der Waals surface area contributed by atoms with Gasteiger partial charge in [-0.15, -0.1) is 12.4 Å². The number of hydrogen-bond donors (Lipinski definition) is 3. The molecule has 0 aromatic heterocycles. The van der Waals surface area contributed by atoms with Crippen LogP contribution in [0.4, 0.5) is 10.1 Å². The highest BCUT2D eigenvalue weighted by atomic mass is 35.5. The Balaban J connectivity index is 0.00000361. The molecular weight excluding hydrogens is 285 g/mol. The van der Waals surface area contributed by atoms with Crippen molar-refractivity contribution in [2.75, 3.05) is 25.5 Å². The van der Waals surface area contributed by atoms with Gasteiger partial charge in [0.25, 0.3) is 5.91 Å². The van der Waals surface area contributed by atoms with Crippen molar-refractivity contribution < 1.29 is 14.0 Å². The van der Waals surface area contributed by atoms with E-state index in [2.05, 4.69) is 16.0 Å². The van der Waals surface area contributed by atoms with Gasteiger partial charge in [-0.05, 0) is 38.2 Å². The second-order valence-corrected chi connectivity index (χ2v) is 4.09. The van der Waals surface area contributed by atoms with Crippen molar-refractivity contribution in [3.63, 3.8) is 0 Å². The maximum Gasteiger partial charge on any atom is 0.251 e. The monoisotopic (exact) mass is 303 g/mol. The van der Waals surface area contributed by atoms with E-state index in [1.807, 2.05) is 7.05 Å². The van der Waals surface area contributed by atoms with E-state index in [0.29, 0.717) is 12.1 Å². The third-order valence-corrected chi connectivity index (χ3v) is 2.43. The first-order chi connectivity index (χ1) is 9.04. The van der Waals surface area contributed by atoms with Gasteiger partial charge in [-0.3, -0.25) is 9.59 Å². The molecule has 0 bridgehead atoms. The van der Waals surface area contributed by atoms with Crippen LogP contribution in [0.5, 0.6) is 0 Å². The molecule has 0 aliphatic heterocycles.